The van der Waals surface area contributed by atoms with Crippen LogP contribution >= 0.6 is 31.9 Å². The summed E-state index contributed by atoms with van der Waals surface area (Å²) in [6.07, 6.45) is 1.69. The average Bonchev–Trinajstić information content (AvgIpc) is 3.13. The van der Waals surface area contributed by atoms with Gasteiger partial charge in [0.25, 0.3) is 0 Å². The first-order chi connectivity index (χ1) is 14.9. The van der Waals surface area contributed by atoms with Crippen LogP contribution in [0, 0.1) is 5.92 Å². The predicted octanol–water partition coefficient (Wildman–Crippen LogP) is 4.51. The highest BCUT2D eigenvalue weighted by atomic mass is 79.9. The molecule has 1 fully saturated rings. The summed E-state index contributed by atoms with van der Waals surface area (Å²) in [5, 5.41) is 4.06. The van der Waals surface area contributed by atoms with Crippen molar-refractivity contribution in [2.24, 2.45) is 11.0 Å². The zero-order chi connectivity index (χ0) is 22.4. The number of hydrogen-bond acceptors (Lipinski definition) is 5. The fourth-order valence-corrected chi connectivity index (χ4v) is 4.06. The summed E-state index contributed by atoms with van der Waals surface area (Å²) < 4.78 is 12.9. The van der Waals surface area contributed by atoms with Crippen LogP contribution in [0.1, 0.15) is 25.8 Å². The van der Waals surface area contributed by atoms with E-state index in [9.17, 15) is 9.59 Å². The number of benzene rings is 2. The van der Waals surface area contributed by atoms with E-state index < -0.39 is 5.92 Å². The monoisotopic (exact) mass is 551 g/mol. The van der Waals surface area contributed by atoms with E-state index in [1.165, 1.54) is 6.21 Å². The molecule has 2 amide bonds. The molecule has 0 aliphatic carbocycles. The summed E-state index contributed by atoms with van der Waals surface area (Å²) in [6.45, 7) is 5.13. The Kier molecular flexibility index (Phi) is 8.09. The van der Waals surface area contributed by atoms with Crippen LogP contribution in [0.25, 0.3) is 0 Å². The second kappa shape index (κ2) is 10.8. The molecule has 1 saturated heterocycles. The van der Waals surface area contributed by atoms with Gasteiger partial charge in [0.15, 0.2) is 11.5 Å². The van der Waals surface area contributed by atoms with E-state index in [0.717, 1.165) is 20.2 Å². The van der Waals surface area contributed by atoms with Crippen molar-refractivity contribution in [3.05, 3.63) is 50.9 Å². The molecular weight excluding hydrogens is 530 g/mol. The van der Waals surface area contributed by atoms with Gasteiger partial charge in [-0.2, -0.15) is 5.10 Å². The van der Waals surface area contributed by atoms with E-state index in [2.05, 4.69) is 42.4 Å². The first-order valence-electron chi connectivity index (χ1n) is 9.90. The van der Waals surface area contributed by atoms with Crippen LogP contribution in [0.4, 0.5) is 5.69 Å². The molecule has 2 aromatic rings. The molecule has 1 aliphatic heterocycles. The van der Waals surface area contributed by atoms with Crippen LogP contribution < -0.4 is 19.8 Å². The molecule has 0 spiro atoms. The van der Waals surface area contributed by atoms with Gasteiger partial charge in [-0.05, 0) is 71.7 Å². The number of nitrogens with one attached hydrogen (secondary N) is 1. The molecule has 0 bridgehead atoms. The average molecular weight is 553 g/mol. The minimum absolute atomic E-state index is 0.0803. The summed E-state index contributed by atoms with van der Waals surface area (Å²) in [5.41, 5.74) is 4.05. The minimum atomic E-state index is -0.459. The van der Waals surface area contributed by atoms with Crippen LogP contribution in [0.2, 0.25) is 0 Å². The summed E-state index contributed by atoms with van der Waals surface area (Å²) in [4.78, 5) is 26.5. The van der Waals surface area contributed by atoms with E-state index in [1.54, 1.807) is 11.0 Å². The van der Waals surface area contributed by atoms with Gasteiger partial charge in [0, 0.05) is 23.1 Å². The maximum Gasteiger partial charge on any atom is 0.245 e. The molecule has 1 aliphatic rings. The second-order valence-electron chi connectivity index (χ2n) is 6.81. The lowest BCUT2D eigenvalue weighted by atomic mass is 10.1. The van der Waals surface area contributed by atoms with E-state index in [4.69, 9.17) is 9.47 Å². The number of carbonyl (C=O) groups is 2. The van der Waals surface area contributed by atoms with E-state index in [-0.39, 0.29) is 18.2 Å². The number of carbonyl (C=O) groups excluding carboxylic acids is 2. The number of ether oxygens (including phenoxy) is 2. The molecule has 3 rings (SSSR count). The molecular formula is C22H23Br2N3O4. The van der Waals surface area contributed by atoms with Gasteiger partial charge >= 0.3 is 0 Å². The minimum Gasteiger partial charge on any atom is -0.490 e. The number of amides is 2. The van der Waals surface area contributed by atoms with Crippen molar-refractivity contribution in [1.29, 1.82) is 0 Å². The smallest absolute Gasteiger partial charge is 0.245 e. The topological polar surface area (TPSA) is 80.2 Å². The first kappa shape index (κ1) is 23.3. The molecule has 31 heavy (non-hydrogen) atoms. The zero-order valence-electron chi connectivity index (χ0n) is 17.2. The van der Waals surface area contributed by atoms with Gasteiger partial charge in [-0.15, -0.1) is 0 Å². The Morgan fingerprint density at radius 3 is 2.58 bits per heavy atom. The molecule has 164 valence electrons. The standard InChI is InChI=1S/C22H23Br2N3O4/c1-3-30-19-10-14(9-18(24)21(19)31-4-2)12-25-26-22(29)15-11-20(28)27(13-15)17-7-5-16(23)6-8-17/h5-10,12,15H,3-4,11,13H2,1-2H3,(H,26,29)/b25-12-/t15-/m0/s1. The van der Waals surface area contributed by atoms with Crippen LogP contribution in [-0.2, 0) is 9.59 Å². The third kappa shape index (κ3) is 5.86. The molecule has 1 heterocycles. The highest BCUT2D eigenvalue weighted by Gasteiger charge is 2.35. The number of anilines is 1. The molecule has 0 radical (unpaired) electrons. The highest BCUT2D eigenvalue weighted by Crippen LogP contribution is 2.36. The molecule has 0 saturated carbocycles. The van der Waals surface area contributed by atoms with E-state index in [0.29, 0.717) is 31.3 Å². The van der Waals surface area contributed by atoms with Gasteiger partial charge in [-0.25, -0.2) is 5.43 Å². The zero-order valence-corrected chi connectivity index (χ0v) is 20.4. The van der Waals surface area contributed by atoms with Gasteiger partial charge in [0.2, 0.25) is 11.8 Å². The summed E-state index contributed by atoms with van der Waals surface area (Å²) in [6, 6.07) is 11.1. The molecule has 9 heteroatoms. The number of hydrogen-bond donors (Lipinski definition) is 1. The lowest BCUT2D eigenvalue weighted by Gasteiger charge is -2.16. The fraction of sp³-hybridized carbons (Fsp3) is 0.318. The summed E-state index contributed by atoms with van der Waals surface area (Å²) in [5.74, 6) is 0.392. The SMILES string of the molecule is CCOc1cc(/C=N\NC(=O)[C@H]2CC(=O)N(c3ccc(Br)cc3)C2)cc(Br)c1OCC. The Labute approximate surface area is 198 Å². The van der Waals surface area contributed by atoms with Crippen LogP contribution in [0.5, 0.6) is 11.5 Å². The quantitative estimate of drug-likeness (QED) is 0.386. The fourth-order valence-electron chi connectivity index (χ4n) is 3.23. The van der Waals surface area contributed by atoms with Crippen molar-refractivity contribution in [2.75, 3.05) is 24.7 Å². The molecule has 0 aromatic heterocycles. The van der Waals surface area contributed by atoms with E-state index >= 15 is 0 Å². The van der Waals surface area contributed by atoms with Crippen LogP contribution in [-0.4, -0.2) is 37.8 Å². The maximum atomic E-state index is 12.5. The van der Waals surface area contributed by atoms with Crippen LogP contribution in [0.3, 0.4) is 0 Å². The first-order valence-corrected chi connectivity index (χ1v) is 11.5. The maximum absolute atomic E-state index is 12.5. The Morgan fingerprint density at radius 2 is 1.90 bits per heavy atom. The normalized spacial score (nSPS) is 16.1. The Balaban J connectivity index is 1.64. The Morgan fingerprint density at radius 1 is 1.19 bits per heavy atom. The number of halogens is 2. The lowest BCUT2D eigenvalue weighted by Crippen LogP contribution is -2.30. The van der Waals surface area contributed by atoms with Gasteiger partial charge in [0.1, 0.15) is 0 Å². The van der Waals surface area contributed by atoms with Crippen molar-refractivity contribution in [3.8, 4) is 11.5 Å². The molecule has 1 atom stereocenters. The van der Waals surface area contributed by atoms with Gasteiger partial charge in [-0.1, -0.05) is 15.9 Å². The second-order valence-corrected chi connectivity index (χ2v) is 8.58. The van der Waals surface area contributed by atoms with Gasteiger partial charge in [0.05, 0.1) is 29.8 Å². The van der Waals surface area contributed by atoms with Gasteiger partial charge in [-0.3, -0.25) is 9.59 Å². The molecule has 0 unspecified atom stereocenters. The van der Waals surface area contributed by atoms with Crippen molar-refractivity contribution in [3.63, 3.8) is 0 Å². The molecule has 7 nitrogen and oxygen atoms in total. The van der Waals surface area contributed by atoms with Crippen LogP contribution in [0.15, 0.2) is 50.4 Å². The molecule has 1 N–H and O–H groups in total. The van der Waals surface area contributed by atoms with Crippen molar-refractivity contribution in [2.45, 2.75) is 20.3 Å². The number of rotatable bonds is 8. The largest absolute Gasteiger partial charge is 0.490 e. The van der Waals surface area contributed by atoms with Crippen molar-refractivity contribution >= 4 is 55.6 Å². The molecule has 2 aromatic carbocycles. The summed E-state index contributed by atoms with van der Waals surface area (Å²) >= 11 is 6.86. The van der Waals surface area contributed by atoms with Crippen molar-refractivity contribution < 1.29 is 19.1 Å². The van der Waals surface area contributed by atoms with E-state index in [1.807, 2.05) is 44.2 Å². The Hall–Kier alpha value is -2.39. The lowest BCUT2D eigenvalue weighted by molar-refractivity contribution is -0.126. The number of hydrazone groups is 1. The Bertz CT molecular complexity index is 979. The number of nitrogens with zero attached hydrogens (tertiary/aromatic N) is 2. The highest BCUT2D eigenvalue weighted by molar-refractivity contribution is 9.10. The van der Waals surface area contributed by atoms with Gasteiger partial charge < -0.3 is 14.4 Å². The van der Waals surface area contributed by atoms with Crippen molar-refractivity contribution in [1.82, 2.24) is 5.43 Å². The third-order valence-electron chi connectivity index (χ3n) is 4.64. The predicted molar refractivity (Wildman–Crippen MR) is 127 cm³/mol. The summed E-state index contributed by atoms with van der Waals surface area (Å²) in [7, 11) is 0. The third-order valence-corrected chi connectivity index (χ3v) is 5.76.